The highest BCUT2D eigenvalue weighted by atomic mass is 32.2. The molecule has 0 aliphatic rings. The van der Waals surface area contributed by atoms with Gasteiger partial charge in [-0.2, -0.15) is 4.98 Å². The van der Waals surface area contributed by atoms with Crippen molar-refractivity contribution in [2.45, 2.75) is 24.7 Å². The van der Waals surface area contributed by atoms with Gasteiger partial charge >= 0.3 is 0 Å². The largest absolute Gasteiger partial charge is 0.339 e. The van der Waals surface area contributed by atoms with E-state index in [1.807, 2.05) is 0 Å². The molecule has 29 heavy (non-hydrogen) atoms. The molecule has 1 aromatic heterocycles. The quantitative estimate of drug-likeness (QED) is 0.610. The fourth-order valence-electron chi connectivity index (χ4n) is 2.59. The molecule has 0 unspecified atom stereocenters. The summed E-state index contributed by atoms with van der Waals surface area (Å²) in [5.74, 6) is -0.123. The summed E-state index contributed by atoms with van der Waals surface area (Å²) in [7, 11) is -2.30. The number of nitrogens with one attached hydrogen (secondary N) is 2. The fraction of sp³-hybridized carbons (Fsp3) is 0.211. The summed E-state index contributed by atoms with van der Waals surface area (Å²) in [6.07, 6.45) is 0.264. The van der Waals surface area contributed by atoms with Crippen molar-refractivity contribution in [2.24, 2.45) is 0 Å². The molecule has 2 aromatic carbocycles. The summed E-state index contributed by atoms with van der Waals surface area (Å²) >= 11 is 0. The lowest BCUT2D eigenvalue weighted by molar-refractivity contribution is -0.116. The number of carbonyl (C=O) groups is 1. The molecule has 0 radical (unpaired) electrons. The second-order valence-electron chi connectivity index (χ2n) is 6.25. The number of aromatic nitrogens is 2. The predicted molar refractivity (Wildman–Crippen MR) is 104 cm³/mol. The van der Waals surface area contributed by atoms with Gasteiger partial charge in [-0.25, -0.2) is 17.5 Å². The zero-order valence-corrected chi connectivity index (χ0v) is 16.6. The predicted octanol–water partition coefficient (Wildman–Crippen LogP) is 2.66. The Morgan fingerprint density at radius 2 is 1.90 bits per heavy atom. The number of carbonyl (C=O) groups excluding carboxylic acids is 1. The first kappa shape index (κ1) is 20.6. The second kappa shape index (κ2) is 8.50. The van der Waals surface area contributed by atoms with E-state index in [-0.39, 0.29) is 35.4 Å². The third kappa shape index (κ3) is 5.04. The van der Waals surface area contributed by atoms with E-state index in [2.05, 4.69) is 20.2 Å². The SMILES string of the molecule is CNS(=O)(=O)c1cc(NC(=O)CCc2nc(-c3ccc(F)cc3)no2)ccc1C. The van der Waals surface area contributed by atoms with Gasteiger partial charge in [0, 0.05) is 24.1 Å². The van der Waals surface area contributed by atoms with Crippen LogP contribution in [0.2, 0.25) is 0 Å². The second-order valence-corrected chi connectivity index (χ2v) is 8.11. The maximum Gasteiger partial charge on any atom is 0.240 e. The lowest BCUT2D eigenvalue weighted by Crippen LogP contribution is -2.20. The van der Waals surface area contributed by atoms with Crippen molar-refractivity contribution in [2.75, 3.05) is 12.4 Å². The molecule has 3 rings (SSSR count). The van der Waals surface area contributed by atoms with Gasteiger partial charge in [-0.15, -0.1) is 0 Å². The molecule has 3 aromatic rings. The first-order valence-electron chi connectivity index (χ1n) is 8.71. The number of benzene rings is 2. The van der Waals surface area contributed by atoms with Crippen molar-refractivity contribution < 1.29 is 22.1 Å². The maximum atomic E-state index is 13.0. The first-order chi connectivity index (χ1) is 13.8. The summed E-state index contributed by atoms with van der Waals surface area (Å²) in [6, 6.07) is 10.3. The standard InChI is InChI=1S/C19H19FN4O4S/c1-12-3-8-15(11-16(12)29(26,27)21-2)22-17(25)9-10-18-23-19(24-28-18)13-4-6-14(20)7-5-13/h3-8,11,21H,9-10H2,1-2H3,(H,22,25). The molecule has 10 heteroatoms. The van der Waals surface area contributed by atoms with Gasteiger partial charge < -0.3 is 9.84 Å². The van der Waals surface area contributed by atoms with E-state index in [4.69, 9.17) is 4.52 Å². The Balaban J connectivity index is 1.62. The third-order valence-electron chi connectivity index (χ3n) is 4.17. The zero-order chi connectivity index (χ0) is 21.0. The van der Waals surface area contributed by atoms with E-state index >= 15 is 0 Å². The molecule has 8 nitrogen and oxygen atoms in total. The Kier molecular flexibility index (Phi) is 6.04. The van der Waals surface area contributed by atoms with Gasteiger partial charge in [0.2, 0.25) is 27.6 Å². The van der Waals surface area contributed by atoms with E-state index < -0.39 is 10.0 Å². The topological polar surface area (TPSA) is 114 Å². The van der Waals surface area contributed by atoms with Crippen LogP contribution >= 0.6 is 0 Å². The lowest BCUT2D eigenvalue weighted by Gasteiger charge is -2.10. The minimum absolute atomic E-state index is 0.0625. The van der Waals surface area contributed by atoms with Gasteiger partial charge in [0.25, 0.3) is 0 Å². The van der Waals surface area contributed by atoms with Gasteiger partial charge in [0.15, 0.2) is 0 Å². The fourth-order valence-corrected chi connectivity index (χ4v) is 3.59. The minimum Gasteiger partial charge on any atom is -0.339 e. The minimum atomic E-state index is -3.63. The molecule has 0 aliphatic heterocycles. The van der Waals surface area contributed by atoms with Gasteiger partial charge in [-0.1, -0.05) is 11.2 Å². The van der Waals surface area contributed by atoms with Crippen LogP contribution in [0.15, 0.2) is 51.9 Å². The number of rotatable bonds is 7. The molecule has 0 saturated heterocycles. The van der Waals surface area contributed by atoms with Crippen LogP contribution in [-0.2, 0) is 21.2 Å². The van der Waals surface area contributed by atoms with Crippen molar-refractivity contribution in [1.82, 2.24) is 14.9 Å². The van der Waals surface area contributed by atoms with Gasteiger partial charge in [-0.3, -0.25) is 4.79 Å². The molecule has 0 saturated carbocycles. The molecule has 0 fully saturated rings. The van der Waals surface area contributed by atoms with Crippen molar-refractivity contribution >= 4 is 21.6 Å². The van der Waals surface area contributed by atoms with Crippen molar-refractivity contribution in [3.05, 3.63) is 59.7 Å². The third-order valence-corrected chi connectivity index (χ3v) is 5.72. The number of halogens is 1. The number of anilines is 1. The smallest absolute Gasteiger partial charge is 0.240 e. The van der Waals surface area contributed by atoms with Crippen molar-refractivity contribution in [1.29, 1.82) is 0 Å². The Morgan fingerprint density at radius 3 is 2.59 bits per heavy atom. The molecule has 0 aliphatic carbocycles. The van der Waals surface area contributed by atoms with Gasteiger partial charge in [0.05, 0.1) is 4.90 Å². The number of sulfonamides is 1. The molecule has 0 bridgehead atoms. The highest BCUT2D eigenvalue weighted by Crippen LogP contribution is 2.20. The number of hydrogen-bond acceptors (Lipinski definition) is 6. The number of amides is 1. The molecule has 152 valence electrons. The first-order valence-corrected chi connectivity index (χ1v) is 10.2. The highest BCUT2D eigenvalue weighted by molar-refractivity contribution is 7.89. The van der Waals surface area contributed by atoms with Crippen LogP contribution in [0.4, 0.5) is 10.1 Å². The van der Waals surface area contributed by atoms with E-state index in [0.717, 1.165) is 0 Å². The highest BCUT2D eigenvalue weighted by Gasteiger charge is 2.16. The van der Waals surface area contributed by atoms with Crippen LogP contribution in [-0.4, -0.2) is 31.5 Å². The van der Waals surface area contributed by atoms with Gasteiger partial charge in [0.1, 0.15) is 5.82 Å². The number of hydrogen-bond donors (Lipinski definition) is 2. The normalized spacial score (nSPS) is 11.4. The number of aryl methyl sites for hydroxylation is 2. The Morgan fingerprint density at radius 1 is 1.17 bits per heavy atom. The Bertz CT molecular complexity index is 1130. The summed E-state index contributed by atoms with van der Waals surface area (Å²) in [6.45, 7) is 1.67. The average molecular weight is 418 g/mol. The molecular formula is C19H19FN4O4S. The van der Waals surface area contributed by atoms with Crippen LogP contribution in [0.1, 0.15) is 17.9 Å². The maximum absolute atomic E-state index is 13.0. The van der Waals surface area contributed by atoms with Crippen LogP contribution < -0.4 is 10.0 Å². The van der Waals surface area contributed by atoms with E-state index in [0.29, 0.717) is 22.6 Å². The molecule has 0 spiro atoms. The Hall–Kier alpha value is -3.11. The van der Waals surface area contributed by atoms with Crippen LogP contribution in [0.25, 0.3) is 11.4 Å². The summed E-state index contributed by atoms with van der Waals surface area (Å²) in [5.41, 5.74) is 1.53. The monoisotopic (exact) mass is 418 g/mol. The van der Waals surface area contributed by atoms with Crippen LogP contribution in [0, 0.1) is 12.7 Å². The van der Waals surface area contributed by atoms with Gasteiger partial charge in [-0.05, 0) is 55.9 Å². The Labute approximate surface area is 167 Å². The molecule has 2 N–H and O–H groups in total. The average Bonchev–Trinajstić information content (AvgIpc) is 3.17. The van der Waals surface area contributed by atoms with E-state index in [1.54, 1.807) is 19.1 Å². The lowest BCUT2D eigenvalue weighted by atomic mass is 10.2. The van der Waals surface area contributed by atoms with E-state index in [1.165, 1.54) is 37.4 Å². The van der Waals surface area contributed by atoms with Crippen LogP contribution in [0.5, 0.6) is 0 Å². The summed E-state index contributed by atoms with van der Waals surface area (Å²) in [4.78, 5) is 16.5. The summed E-state index contributed by atoms with van der Waals surface area (Å²) in [5, 5.41) is 6.48. The van der Waals surface area contributed by atoms with E-state index in [9.17, 15) is 17.6 Å². The molecule has 1 amide bonds. The molecular weight excluding hydrogens is 399 g/mol. The zero-order valence-electron chi connectivity index (χ0n) is 15.8. The summed E-state index contributed by atoms with van der Waals surface area (Å²) < 4.78 is 44.4. The number of nitrogens with zero attached hydrogens (tertiary/aromatic N) is 2. The molecule has 1 heterocycles. The van der Waals surface area contributed by atoms with Crippen LogP contribution in [0.3, 0.4) is 0 Å². The van der Waals surface area contributed by atoms with Crippen molar-refractivity contribution in [3.63, 3.8) is 0 Å². The van der Waals surface area contributed by atoms with Crippen molar-refractivity contribution in [3.8, 4) is 11.4 Å². The molecule has 0 atom stereocenters.